The van der Waals surface area contributed by atoms with Crippen LogP contribution in [-0.2, 0) is 17.8 Å². The molecule has 2 heterocycles. The maximum atomic E-state index is 12.4. The molecule has 1 aliphatic heterocycles. The lowest BCUT2D eigenvalue weighted by atomic mass is 10.0. The Morgan fingerprint density at radius 1 is 1.38 bits per heavy atom. The summed E-state index contributed by atoms with van der Waals surface area (Å²) < 4.78 is 5.74. The van der Waals surface area contributed by atoms with Crippen LogP contribution in [0.2, 0.25) is 0 Å². The van der Waals surface area contributed by atoms with Gasteiger partial charge in [0.2, 0.25) is 5.91 Å². The molecule has 3 rings (SSSR count). The molecule has 0 unspecified atom stereocenters. The van der Waals surface area contributed by atoms with Crippen LogP contribution in [0.5, 0.6) is 5.75 Å². The van der Waals surface area contributed by atoms with E-state index in [0.29, 0.717) is 29.3 Å². The Kier molecular flexibility index (Phi) is 6.20. The molecule has 8 heteroatoms. The molecule has 0 aliphatic carbocycles. The zero-order valence-electron chi connectivity index (χ0n) is 16.1. The van der Waals surface area contributed by atoms with E-state index in [2.05, 4.69) is 11.4 Å². The minimum absolute atomic E-state index is 0.0133. The molecule has 0 fully saturated rings. The third kappa shape index (κ3) is 4.76. The zero-order chi connectivity index (χ0) is 21.0. The number of carbonyl (C=O) groups excluding carboxylic acids is 1. The number of hydrogen-bond donors (Lipinski definition) is 2. The van der Waals surface area contributed by atoms with Gasteiger partial charge < -0.3 is 20.1 Å². The third-order valence-corrected chi connectivity index (χ3v) is 5.50. The molecule has 0 saturated heterocycles. The summed E-state index contributed by atoms with van der Waals surface area (Å²) in [5.74, 6) is 0.319. The first-order valence-electron chi connectivity index (χ1n) is 9.16. The van der Waals surface area contributed by atoms with Gasteiger partial charge in [0.25, 0.3) is 0 Å². The quantitative estimate of drug-likeness (QED) is 0.721. The van der Waals surface area contributed by atoms with Crippen LogP contribution in [0.15, 0.2) is 30.3 Å². The number of thiophene rings is 1. The fourth-order valence-corrected chi connectivity index (χ4v) is 4.29. The third-order valence-electron chi connectivity index (χ3n) is 4.37. The van der Waals surface area contributed by atoms with Gasteiger partial charge in [0.05, 0.1) is 18.2 Å². The number of carboxylic acid groups (broad SMARTS) is 1. The first kappa shape index (κ1) is 20.4. The van der Waals surface area contributed by atoms with Gasteiger partial charge >= 0.3 is 6.09 Å². The lowest BCUT2D eigenvalue weighted by molar-refractivity contribution is -0.111. The molecule has 1 aliphatic rings. The van der Waals surface area contributed by atoms with Gasteiger partial charge in [-0.3, -0.25) is 4.79 Å². The molecule has 7 nitrogen and oxygen atoms in total. The molecule has 0 saturated carbocycles. The molecular weight excluding hydrogens is 390 g/mol. The van der Waals surface area contributed by atoms with Crippen molar-refractivity contribution in [1.29, 1.82) is 5.26 Å². The van der Waals surface area contributed by atoms with Crippen molar-refractivity contribution >= 4 is 34.4 Å². The molecule has 29 heavy (non-hydrogen) atoms. The lowest BCUT2D eigenvalue weighted by Crippen LogP contribution is -2.34. The molecule has 0 spiro atoms. The van der Waals surface area contributed by atoms with E-state index in [1.807, 2.05) is 38.1 Å². The predicted molar refractivity (Wildman–Crippen MR) is 111 cm³/mol. The number of para-hydroxylation sites is 1. The Balaban J connectivity index is 1.76. The summed E-state index contributed by atoms with van der Waals surface area (Å²) >= 11 is 1.25. The van der Waals surface area contributed by atoms with Crippen LogP contribution in [0.1, 0.15) is 35.4 Å². The van der Waals surface area contributed by atoms with Crippen molar-refractivity contribution in [2.45, 2.75) is 32.9 Å². The number of nitrogens with zero attached hydrogens (tertiary/aromatic N) is 2. The van der Waals surface area contributed by atoms with E-state index in [4.69, 9.17) is 4.74 Å². The van der Waals surface area contributed by atoms with E-state index in [9.17, 15) is 20.0 Å². The number of benzene rings is 1. The average molecular weight is 411 g/mol. The number of nitriles is 1. The van der Waals surface area contributed by atoms with Crippen molar-refractivity contribution in [1.82, 2.24) is 4.90 Å². The van der Waals surface area contributed by atoms with Crippen LogP contribution in [0.4, 0.5) is 9.80 Å². The summed E-state index contributed by atoms with van der Waals surface area (Å²) in [5.41, 5.74) is 2.02. The lowest BCUT2D eigenvalue weighted by Gasteiger charge is -2.23. The summed E-state index contributed by atoms with van der Waals surface area (Å²) in [6, 6.07) is 9.56. The van der Waals surface area contributed by atoms with Crippen LogP contribution in [0.25, 0.3) is 6.08 Å². The largest absolute Gasteiger partial charge is 0.490 e. The van der Waals surface area contributed by atoms with Gasteiger partial charge in [-0.15, -0.1) is 11.3 Å². The number of rotatable bonds is 5. The van der Waals surface area contributed by atoms with E-state index >= 15 is 0 Å². The molecule has 1 aromatic heterocycles. The average Bonchev–Trinajstić information content (AvgIpc) is 3.02. The standard InChI is InChI=1S/C21H21N3O4S/c1-13(2)28-17-6-4-3-5-14(17)7-8-19(25)23-20-16(11-22)15-9-10-24(21(26)27)12-18(15)29-20/h3-8,13H,9-10,12H2,1-2H3,(H,23,25)(H,26,27). The number of anilines is 1. The molecule has 2 N–H and O–H groups in total. The molecule has 2 aromatic rings. The maximum Gasteiger partial charge on any atom is 0.407 e. The van der Waals surface area contributed by atoms with Crippen molar-refractivity contribution in [2.75, 3.05) is 11.9 Å². The maximum absolute atomic E-state index is 12.4. The van der Waals surface area contributed by atoms with Crippen LogP contribution < -0.4 is 10.1 Å². The Morgan fingerprint density at radius 3 is 2.83 bits per heavy atom. The monoisotopic (exact) mass is 411 g/mol. The first-order valence-corrected chi connectivity index (χ1v) is 9.98. The van der Waals surface area contributed by atoms with E-state index in [1.165, 1.54) is 22.3 Å². The second-order valence-electron chi connectivity index (χ2n) is 6.80. The SMILES string of the molecule is CC(C)Oc1ccccc1C=CC(=O)Nc1sc2c(c1C#N)CCN(C(=O)O)C2. The van der Waals surface area contributed by atoms with Crippen molar-refractivity contribution in [3.05, 3.63) is 51.9 Å². The highest BCUT2D eigenvalue weighted by molar-refractivity contribution is 7.16. The summed E-state index contributed by atoms with van der Waals surface area (Å²) in [7, 11) is 0. The normalized spacial score (nSPS) is 13.2. The number of carbonyl (C=O) groups is 2. The number of nitrogens with one attached hydrogen (secondary N) is 1. The van der Waals surface area contributed by atoms with Crippen molar-refractivity contribution in [2.24, 2.45) is 0 Å². The fourth-order valence-electron chi connectivity index (χ4n) is 3.07. The van der Waals surface area contributed by atoms with Gasteiger partial charge in [0.15, 0.2) is 0 Å². The minimum Gasteiger partial charge on any atom is -0.490 e. The van der Waals surface area contributed by atoms with Crippen LogP contribution in [-0.4, -0.2) is 34.7 Å². The second-order valence-corrected chi connectivity index (χ2v) is 7.91. The highest BCUT2D eigenvalue weighted by Crippen LogP contribution is 2.36. The van der Waals surface area contributed by atoms with Gasteiger partial charge in [-0.05, 0) is 38.0 Å². The van der Waals surface area contributed by atoms with Crippen LogP contribution >= 0.6 is 11.3 Å². The highest BCUT2D eigenvalue weighted by Gasteiger charge is 2.27. The molecule has 1 aromatic carbocycles. The van der Waals surface area contributed by atoms with Crippen LogP contribution in [0.3, 0.4) is 0 Å². The van der Waals surface area contributed by atoms with Crippen molar-refractivity contribution in [3.8, 4) is 11.8 Å². The Labute approximate surface area is 172 Å². The number of hydrogen-bond acceptors (Lipinski definition) is 5. The predicted octanol–water partition coefficient (Wildman–Crippen LogP) is 4.09. The zero-order valence-corrected chi connectivity index (χ0v) is 17.0. The second kappa shape index (κ2) is 8.80. The Hall–Kier alpha value is -3.31. The molecule has 0 atom stereocenters. The summed E-state index contributed by atoms with van der Waals surface area (Å²) in [4.78, 5) is 25.7. The molecule has 0 radical (unpaired) electrons. The Morgan fingerprint density at radius 2 is 2.14 bits per heavy atom. The van der Waals surface area contributed by atoms with Crippen molar-refractivity contribution < 1.29 is 19.4 Å². The fraction of sp³-hybridized carbons (Fsp3) is 0.286. The number of ether oxygens (including phenoxy) is 1. The van der Waals surface area contributed by atoms with Gasteiger partial charge in [0.1, 0.15) is 16.8 Å². The number of amides is 2. The van der Waals surface area contributed by atoms with E-state index in [-0.39, 0.29) is 18.6 Å². The van der Waals surface area contributed by atoms with Gasteiger partial charge in [-0.25, -0.2) is 4.79 Å². The molecule has 2 amide bonds. The first-order chi connectivity index (χ1) is 13.9. The smallest absolute Gasteiger partial charge is 0.407 e. The van der Waals surface area contributed by atoms with E-state index < -0.39 is 6.09 Å². The van der Waals surface area contributed by atoms with Gasteiger partial charge in [0, 0.05) is 23.1 Å². The van der Waals surface area contributed by atoms with E-state index in [0.717, 1.165) is 16.0 Å². The van der Waals surface area contributed by atoms with E-state index in [1.54, 1.807) is 6.08 Å². The van der Waals surface area contributed by atoms with Crippen LogP contribution in [0, 0.1) is 11.3 Å². The van der Waals surface area contributed by atoms with Crippen molar-refractivity contribution in [3.63, 3.8) is 0 Å². The highest BCUT2D eigenvalue weighted by atomic mass is 32.1. The summed E-state index contributed by atoms with van der Waals surface area (Å²) in [6.07, 6.45) is 2.55. The summed E-state index contributed by atoms with van der Waals surface area (Å²) in [5, 5.41) is 21.9. The Bertz CT molecular complexity index is 1000. The number of fused-ring (bicyclic) bond motifs is 1. The molecule has 150 valence electrons. The van der Waals surface area contributed by atoms with Gasteiger partial charge in [-0.2, -0.15) is 5.26 Å². The topological polar surface area (TPSA) is 103 Å². The van der Waals surface area contributed by atoms with Gasteiger partial charge in [-0.1, -0.05) is 18.2 Å². The summed E-state index contributed by atoms with van der Waals surface area (Å²) in [6.45, 7) is 4.44. The minimum atomic E-state index is -0.988. The molecule has 0 bridgehead atoms. The molecular formula is C21H21N3O4S.